The molecule has 0 amide bonds. The lowest BCUT2D eigenvalue weighted by molar-refractivity contribution is 0.111. The third kappa shape index (κ3) is 1.81. The fraction of sp³-hybridized carbons (Fsp3) is 0.167. The van der Waals surface area contributed by atoms with Crippen molar-refractivity contribution in [1.82, 2.24) is 9.78 Å². The van der Waals surface area contributed by atoms with E-state index in [4.69, 9.17) is 0 Å². The van der Waals surface area contributed by atoms with Crippen LogP contribution in [0.5, 0.6) is 0 Å². The zero-order chi connectivity index (χ0) is 10.8. The first kappa shape index (κ1) is 9.65. The zero-order valence-electron chi connectivity index (χ0n) is 8.77. The Hall–Kier alpha value is -1.90. The molecule has 1 heterocycles. The predicted molar refractivity (Wildman–Crippen MR) is 58.8 cm³/mol. The Labute approximate surface area is 88.4 Å². The van der Waals surface area contributed by atoms with E-state index in [0.717, 1.165) is 17.5 Å². The van der Waals surface area contributed by atoms with Gasteiger partial charge in [0.1, 0.15) is 5.69 Å². The fourth-order valence-corrected chi connectivity index (χ4v) is 1.62. The SMILES string of the molecule is Cc1cccc(-c2cc(C=O)nn2C)c1. The molecular formula is C12H12N2O. The number of benzene rings is 1. The number of hydrogen-bond donors (Lipinski definition) is 0. The number of hydrogen-bond acceptors (Lipinski definition) is 2. The van der Waals surface area contributed by atoms with Crippen molar-refractivity contribution in [3.05, 3.63) is 41.6 Å². The summed E-state index contributed by atoms with van der Waals surface area (Å²) < 4.78 is 1.72. The van der Waals surface area contributed by atoms with Gasteiger partial charge in [-0.3, -0.25) is 9.48 Å². The number of aryl methyl sites for hydroxylation is 2. The van der Waals surface area contributed by atoms with Crippen molar-refractivity contribution in [1.29, 1.82) is 0 Å². The second-order valence-electron chi connectivity index (χ2n) is 3.57. The standard InChI is InChI=1S/C12H12N2O/c1-9-4-3-5-10(6-9)12-7-11(8-15)13-14(12)2/h3-8H,1-2H3. The van der Waals surface area contributed by atoms with Gasteiger partial charge < -0.3 is 0 Å². The van der Waals surface area contributed by atoms with Crippen LogP contribution in [0.2, 0.25) is 0 Å². The molecule has 15 heavy (non-hydrogen) atoms. The molecule has 0 unspecified atom stereocenters. The lowest BCUT2D eigenvalue weighted by Gasteiger charge is -2.02. The summed E-state index contributed by atoms with van der Waals surface area (Å²) in [6.45, 7) is 2.04. The molecule has 0 spiro atoms. The fourth-order valence-electron chi connectivity index (χ4n) is 1.62. The second-order valence-corrected chi connectivity index (χ2v) is 3.57. The Morgan fingerprint density at radius 1 is 1.33 bits per heavy atom. The monoisotopic (exact) mass is 200 g/mol. The van der Waals surface area contributed by atoms with Gasteiger partial charge in [0.15, 0.2) is 6.29 Å². The summed E-state index contributed by atoms with van der Waals surface area (Å²) in [6.07, 6.45) is 0.763. The van der Waals surface area contributed by atoms with Crippen LogP contribution in [0, 0.1) is 6.92 Å². The summed E-state index contributed by atoms with van der Waals surface area (Å²) in [5.41, 5.74) is 3.70. The molecule has 0 aliphatic heterocycles. The van der Waals surface area contributed by atoms with E-state index in [-0.39, 0.29) is 0 Å². The quantitative estimate of drug-likeness (QED) is 0.696. The minimum absolute atomic E-state index is 0.467. The van der Waals surface area contributed by atoms with E-state index in [1.54, 1.807) is 10.7 Å². The largest absolute Gasteiger partial charge is 0.296 e. The summed E-state index contributed by atoms with van der Waals surface area (Å²) in [6, 6.07) is 9.92. The van der Waals surface area contributed by atoms with Gasteiger partial charge >= 0.3 is 0 Å². The number of aldehydes is 1. The van der Waals surface area contributed by atoms with Crippen LogP contribution >= 0.6 is 0 Å². The van der Waals surface area contributed by atoms with Gasteiger partial charge in [-0.25, -0.2) is 0 Å². The van der Waals surface area contributed by atoms with Gasteiger partial charge in [-0.15, -0.1) is 0 Å². The lowest BCUT2D eigenvalue weighted by Crippen LogP contribution is -1.94. The minimum atomic E-state index is 0.467. The first-order valence-corrected chi connectivity index (χ1v) is 4.77. The Bertz CT molecular complexity index is 500. The average molecular weight is 200 g/mol. The van der Waals surface area contributed by atoms with E-state index in [1.807, 2.05) is 32.2 Å². The number of carbonyl (C=O) groups is 1. The first-order chi connectivity index (χ1) is 7.20. The summed E-state index contributed by atoms with van der Waals surface area (Å²) >= 11 is 0. The highest BCUT2D eigenvalue weighted by Crippen LogP contribution is 2.20. The molecule has 1 aromatic heterocycles. The van der Waals surface area contributed by atoms with E-state index in [9.17, 15) is 4.79 Å². The lowest BCUT2D eigenvalue weighted by atomic mass is 10.1. The third-order valence-electron chi connectivity index (χ3n) is 2.33. The highest BCUT2D eigenvalue weighted by atomic mass is 16.1. The van der Waals surface area contributed by atoms with Gasteiger partial charge in [0, 0.05) is 12.6 Å². The number of rotatable bonds is 2. The normalized spacial score (nSPS) is 10.3. The number of carbonyl (C=O) groups excluding carboxylic acids is 1. The minimum Gasteiger partial charge on any atom is -0.296 e. The molecule has 0 N–H and O–H groups in total. The maximum atomic E-state index is 10.6. The first-order valence-electron chi connectivity index (χ1n) is 4.77. The molecule has 76 valence electrons. The van der Waals surface area contributed by atoms with Crippen molar-refractivity contribution in [3.8, 4) is 11.3 Å². The van der Waals surface area contributed by atoms with E-state index in [1.165, 1.54) is 5.56 Å². The van der Waals surface area contributed by atoms with Crippen LogP contribution in [0.1, 0.15) is 16.1 Å². The summed E-state index contributed by atoms with van der Waals surface area (Å²) in [5.74, 6) is 0. The van der Waals surface area contributed by atoms with Crippen LogP contribution in [0.4, 0.5) is 0 Å². The van der Waals surface area contributed by atoms with Crippen LogP contribution in [-0.2, 0) is 7.05 Å². The molecule has 3 nitrogen and oxygen atoms in total. The number of nitrogens with zero attached hydrogens (tertiary/aromatic N) is 2. The molecule has 3 heteroatoms. The maximum Gasteiger partial charge on any atom is 0.170 e. The van der Waals surface area contributed by atoms with E-state index in [2.05, 4.69) is 11.2 Å². The molecule has 2 aromatic rings. The second kappa shape index (κ2) is 3.69. The van der Waals surface area contributed by atoms with Crippen LogP contribution in [0.3, 0.4) is 0 Å². The molecule has 2 rings (SSSR count). The Morgan fingerprint density at radius 2 is 2.13 bits per heavy atom. The molecule has 1 aromatic carbocycles. The highest BCUT2D eigenvalue weighted by Gasteiger charge is 2.06. The van der Waals surface area contributed by atoms with E-state index in [0.29, 0.717) is 5.69 Å². The van der Waals surface area contributed by atoms with E-state index >= 15 is 0 Å². The van der Waals surface area contributed by atoms with Crippen molar-refractivity contribution in [3.63, 3.8) is 0 Å². The van der Waals surface area contributed by atoms with Gasteiger partial charge in [-0.1, -0.05) is 23.8 Å². The molecule has 0 bridgehead atoms. The summed E-state index contributed by atoms with van der Waals surface area (Å²) in [5, 5.41) is 4.08. The van der Waals surface area contributed by atoms with Crippen LogP contribution in [0.25, 0.3) is 11.3 Å². The van der Waals surface area contributed by atoms with Crippen molar-refractivity contribution >= 4 is 6.29 Å². The zero-order valence-corrected chi connectivity index (χ0v) is 8.77. The maximum absolute atomic E-state index is 10.6. The molecular weight excluding hydrogens is 188 g/mol. The van der Waals surface area contributed by atoms with Gasteiger partial charge in [-0.2, -0.15) is 5.10 Å². The summed E-state index contributed by atoms with van der Waals surface area (Å²) in [7, 11) is 1.84. The summed E-state index contributed by atoms with van der Waals surface area (Å²) in [4.78, 5) is 10.6. The molecule has 0 aliphatic carbocycles. The number of aromatic nitrogens is 2. The van der Waals surface area contributed by atoms with Crippen LogP contribution < -0.4 is 0 Å². The smallest absolute Gasteiger partial charge is 0.170 e. The third-order valence-corrected chi connectivity index (χ3v) is 2.33. The Balaban J connectivity index is 2.53. The van der Waals surface area contributed by atoms with Crippen LogP contribution in [-0.4, -0.2) is 16.1 Å². The van der Waals surface area contributed by atoms with Gasteiger partial charge in [0.2, 0.25) is 0 Å². The van der Waals surface area contributed by atoms with Crippen molar-refractivity contribution in [2.75, 3.05) is 0 Å². The molecule has 0 fully saturated rings. The van der Waals surface area contributed by atoms with Crippen molar-refractivity contribution < 1.29 is 4.79 Å². The molecule has 0 atom stereocenters. The van der Waals surface area contributed by atoms with Gasteiger partial charge in [0.05, 0.1) is 5.69 Å². The molecule has 0 saturated carbocycles. The topological polar surface area (TPSA) is 34.9 Å². The molecule has 0 aliphatic rings. The van der Waals surface area contributed by atoms with Gasteiger partial charge in [-0.05, 0) is 19.1 Å². The van der Waals surface area contributed by atoms with Gasteiger partial charge in [0.25, 0.3) is 0 Å². The highest BCUT2D eigenvalue weighted by molar-refractivity contribution is 5.75. The Morgan fingerprint density at radius 3 is 2.73 bits per heavy atom. The average Bonchev–Trinajstić information content (AvgIpc) is 2.60. The predicted octanol–water partition coefficient (Wildman–Crippen LogP) is 2.21. The molecule has 0 saturated heterocycles. The van der Waals surface area contributed by atoms with Crippen molar-refractivity contribution in [2.45, 2.75) is 6.92 Å². The van der Waals surface area contributed by atoms with Crippen molar-refractivity contribution in [2.24, 2.45) is 7.05 Å². The van der Waals surface area contributed by atoms with Crippen LogP contribution in [0.15, 0.2) is 30.3 Å². The Kier molecular flexibility index (Phi) is 2.37. The van der Waals surface area contributed by atoms with E-state index < -0.39 is 0 Å². The molecule has 0 radical (unpaired) electrons.